The molecule has 0 aliphatic rings. The molecule has 26 heavy (non-hydrogen) atoms. The average molecular weight is 462 g/mol. The van der Waals surface area contributed by atoms with Gasteiger partial charge in [0.15, 0.2) is 0 Å². The molecule has 2 aromatic heterocycles. The fraction of sp³-hybridized carbons (Fsp3) is 0.222. The molecule has 2 heterocycles. The second-order valence-corrected chi connectivity index (χ2v) is 6.87. The average Bonchev–Trinajstić information content (AvgIpc) is 2.98. The van der Waals surface area contributed by atoms with Crippen LogP contribution < -0.4 is 10.6 Å². The van der Waals surface area contributed by atoms with E-state index in [1.165, 1.54) is 6.33 Å². The van der Waals surface area contributed by atoms with E-state index >= 15 is 0 Å². The van der Waals surface area contributed by atoms with Gasteiger partial charge in [0.25, 0.3) is 5.91 Å². The van der Waals surface area contributed by atoms with E-state index < -0.39 is 0 Å². The topological polar surface area (TPSA) is 84.7 Å². The predicted octanol–water partition coefficient (Wildman–Crippen LogP) is 2.73. The number of carbonyl (C=O) groups excluding carboxylic acids is 1. The molecule has 0 unspecified atom stereocenters. The summed E-state index contributed by atoms with van der Waals surface area (Å²) in [6.45, 7) is 5.01. The number of carbonyl (C=O) groups is 1. The molecule has 0 saturated heterocycles. The van der Waals surface area contributed by atoms with Crippen molar-refractivity contribution in [3.63, 3.8) is 0 Å². The van der Waals surface area contributed by atoms with Crippen LogP contribution in [0, 0.1) is 17.4 Å². The van der Waals surface area contributed by atoms with E-state index in [1.54, 1.807) is 6.33 Å². The van der Waals surface area contributed by atoms with Gasteiger partial charge in [-0.1, -0.05) is 12.1 Å². The lowest BCUT2D eigenvalue weighted by molar-refractivity contribution is 0.0954. The van der Waals surface area contributed by atoms with Crippen molar-refractivity contribution < 1.29 is 4.79 Å². The molecular weight excluding hydrogens is 443 g/mol. The van der Waals surface area contributed by atoms with Crippen LogP contribution in [-0.4, -0.2) is 38.5 Å². The fourth-order valence-electron chi connectivity index (χ4n) is 2.41. The third kappa shape index (κ3) is 4.18. The third-order valence-electron chi connectivity index (χ3n) is 3.99. The highest BCUT2D eigenvalue weighted by atomic mass is 127. The lowest BCUT2D eigenvalue weighted by Crippen LogP contribution is -2.29. The zero-order valence-corrected chi connectivity index (χ0v) is 16.7. The van der Waals surface area contributed by atoms with E-state index in [4.69, 9.17) is 0 Å². The Hall–Kier alpha value is -2.49. The van der Waals surface area contributed by atoms with E-state index in [0.717, 1.165) is 20.8 Å². The molecule has 1 aromatic carbocycles. The molecule has 134 valence electrons. The lowest BCUT2D eigenvalue weighted by Gasteiger charge is -2.10. The van der Waals surface area contributed by atoms with Crippen LogP contribution in [0.25, 0.3) is 5.82 Å². The molecule has 3 rings (SSSR count). The molecular formula is C18H19IN6O. The SMILES string of the molecule is Cc1ncn(-c2cc(NCCNC(=O)c3ccccc3I)ncn2)c1C. The predicted molar refractivity (Wildman–Crippen MR) is 109 cm³/mol. The molecule has 2 N–H and O–H groups in total. The first-order valence-corrected chi connectivity index (χ1v) is 9.23. The van der Waals surface area contributed by atoms with Gasteiger partial charge in [-0.3, -0.25) is 9.36 Å². The number of aryl methyl sites for hydroxylation is 1. The smallest absolute Gasteiger partial charge is 0.252 e. The van der Waals surface area contributed by atoms with Crippen LogP contribution in [-0.2, 0) is 0 Å². The molecule has 1 amide bonds. The van der Waals surface area contributed by atoms with E-state index in [2.05, 4.69) is 48.2 Å². The number of benzene rings is 1. The Bertz CT molecular complexity index is 924. The van der Waals surface area contributed by atoms with Crippen LogP contribution in [0.15, 0.2) is 43.0 Å². The quantitative estimate of drug-likeness (QED) is 0.435. The maximum absolute atomic E-state index is 12.2. The number of rotatable bonds is 6. The Labute approximate surface area is 165 Å². The normalized spacial score (nSPS) is 10.6. The summed E-state index contributed by atoms with van der Waals surface area (Å²) < 4.78 is 2.85. The van der Waals surface area contributed by atoms with Gasteiger partial charge in [-0.05, 0) is 48.6 Å². The van der Waals surface area contributed by atoms with Gasteiger partial charge in [-0.2, -0.15) is 0 Å². The highest BCUT2D eigenvalue weighted by Crippen LogP contribution is 2.13. The number of imidazole rings is 1. The number of anilines is 1. The van der Waals surface area contributed by atoms with E-state index in [-0.39, 0.29) is 5.91 Å². The lowest BCUT2D eigenvalue weighted by atomic mass is 10.2. The Morgan fingerprint density at radius 2 is 1.96 bits per heavy atom. The van der Waals surface area contributed by atoms with Crippen molar-refractivity contribution in [2.75, 3.05) is 18.4 Å². The van der Waals surface area contributed by atoms with Crippen LogP contribution in [0.3, 0.4) is 0 Å². The van der Waals surface area contributed by atoms with Crippen molar-refractivity contribution in [1.82, 2.24) is 24.8 Å². The van der Waals surface area contributed by atoms with Crippen molar-refractivity contribution in [2.45, 2.75) is 13.8 Å². The summed E-state index contributed by atoms with van der Waals surface area (Å²) in [6, 6.07) is 9.36. The monoisotopic (exact) mass is 462 g/mol. The van der Waals surface area contributed by atoms with Gasteiger partial charge >= 0.3 is 0 Å². The van der Waals surface area contributed by atoms with Crippen molar-refractivity contribution in [3.05, 3.63) is 63.5 Å². The second-order valence-electron chi connectivity index (χ2n) is 5.71. The minimum atomic E-state index is -0.0790. The van der Waals surface area contributed by atoms with Gasteiger partial charge in [0.05, 0.1) is 11.3 Å². The van der Waals surface area contributed by atoms with Gasteiger partial charge in [-0.25, -0.2) is 15.0 Å². The molecule has 3 aromatic rings. The minimum Gasteiger partial charge on any atom is -0.368 e. The molecule has 7 nitrogen and oxygen atoms in total. The number of amides is 1. The van der Waals surface area contributed by atoms with Crippen LogP contribution >= 0.6 is 22.6 Å². The molecule has 0 fully saturated rings. The number of nitrogens with zero attached hydrogens (tertiary/aromatic N) is 4. The van der Waals surface area contributed by atoms with E-state index in [9.17, 15) is 4.79 Å². The first-order valence-electron chi connectivity index (χ1n) is 8.16. The summed E-state index contributed by atoms with van der Waals surface area (Å²) in [6.07, 6.45) is 3.26. The molecule has 0 radical (unpaired) electrons. The summed E-state index contributed by atoms with van der Waals surface area (Å²) in [5.41, 5.74) is 2.69. The molecule has 0 aliphatic heterocycles. The van der Waals surface area contributed by atoms with Crippen LogP contribution in [0.4, 0.5) is 5.82 Å². The maximum Gasteiger partial charge on any atom is 0.252 e. The van der Waals surface area contributed by atoms with Gasteiger partial charge in [0, 0.05) is 28.4 Å². The fourth-order valence-corrected chi connectivity index (χ4v) is 3.04. The van der Waals surface area contributed by atoms with E-state index in [1.807, 2.05) is 48.7 Å². The standard InChI is InChI=1S/C18H19IN6O/c1-12-13(2)25(11-24-12)17-9-16(22-10-23-17)20-7-8-21-18(26)14-5-3-4-6-15(14)19/h3-6,9-11H,7-8H2,1-2H3,(H,21,26)(H,20,22,23). The largest absolute Gasteiger partial charge is 0.368 e. The van der Waals surface area contributed by atoms with Gasteiger partial charge < -0.3 is 10.6 Å². The first-order chi connectivity index (χ1) is 12.6. The zero-order chi connectivity index (χ0) is 18.5. The van der Waals surface area contributed by atoms with E-state index in [0.29, 0.717) is 24.5 Å². The van der Waals surface area contributed by atoms with Crippen molar-refractivity contribution in [2.24, 2.45) is 0 Å². The van der Waals surface area contributed by atoms with Crippen molar-refractivity contribution >= 4 is 34.3 Å². The van der Waals surface area contributed by atoms with Gasteiger partial charge in [-0.15, -0.1) is 0 Å². The zero-order valence-electron chi connectivity index (χ0n) is 14.5. The van der Waals surface area contributed by atoms with Gasteiger partial charge in [0.1, 0.15) is 24.3 Å². The summed E-state index contributed by atoms with van der Waals surface area (Å²) in [5, 5.41) is 6.10. The van der Waals surface area contributed by atoms with Gasteiger partial charge in [0.2, 0.25) is 0 Å². The van der Waals surface area contributed by atoms with Crippen LogP contribution in [0.2, 0.25) is 0 Å². The van der Waals surface area contributed by atoms with Crippen molar-refractivity contribution in [3.8, 4) is 5.82 Å². The summed E-state index contributed by atoms with van der Waals surface area (Å²) in [5.74, 6) is 1.37. The molecule has 0 aliphatic carbocycles. The van der Waals surface area contributed by atoms with Crippen molar-refractivity contribution in [1.29, 1.82) is 0 Å². The Morgan fingerprint density at radius 1 is 1.15 bits per heavy atom. The molecule has 0 saturated carbocycles. The number of hydrogen-bond acceptors (Lipinski definition) is 5. The molecule has 8 heteroatoms. The highest BCUT2D eigenvalue weighted by molar-refractivity contribution is 14.1. The second kappa shape index (κ2) is 8.26. The number of nitrogens with one attached hydrogen (secondary N) is 2. The summed E-state index contributed by atoms with van der Waals surface area (Å²) in [4.78, 5) is 25.0. The molecule has 0 spiro atoms. The summed E-state index contributed by atoms with van der Waals surface area (Å²) in [7, 11) is 0. The Morgan fingerprint density at radius 3 is 2.69 bits per heavy atom. The summed E-state index contributed by atoms with van der Waals surface area (Å²) >= 11 is 2.16. The minimum absolute atomic E-state index is 0.0790. The van der Waals surface area contributed by atoms with Crippen LogP contribution in [0.5, 0.6) is 0 Å². The first kappa shape index (κ1) is 18.3. The maximum atomic E-state index is 12.2. The number of halogens is 1. The van der Waals surface area contributed by atoms with Crippen LogP contribution in [0.1, 0.15) is 21.7 Å². The molecule has 0 bridgehead atoms. The Balaban J connectivity index is 1.56. The Kier molecular flexibility index (Phi) is 5.82. The third-order valence-corrected chi connectivity index (χ3v) is 4.93. The number of hydrogen-bond donors (Lipinski definition) is 2. The highest BCUT2D eigenvalue weighted by Gasteiger charge is 2.09. The number of aromatic nitrogens is 4. The molecule has 0 atom stereocenters.